The largest absolute Gasteiger partial charge is 0.418 e. The van der Waals surface area contributed by atoms with Gasteiger partial charge in [-0.15, -0.1) is 5.10 Å². The molecule has 25 heavy (non-hydrogen) atoms. The molecule has 0 saturated heterocycles. The topological polar surface area (TPSA) is 79.8 Å². The number of para-hydroxylation sites is 1. The van der Waals surface area contributed by atoms with Crippen molar-refractivity contribution in [3.8, 4) is 0 Å². The second-order valence-electron chi connectivity index (χ2n) is 5.71. The average molecular weight is 372 g/mol. The number of halogens is 3. The molecule has 1 aromatic carbocycles. The molecular formula is C15H15F3N4O2S. The first kappa shape index (κ1) is 17.6. The van der Waals surface area contributed by atoms with Crippen molar-refractivity contribution < 1.29 is 18.0 Å². The molecule has 0 bridgehead atoms. The molecule has 0 radical (unpaired) electrons. The maximum absolute atomic E-state index is 13.0. The monoisotopic (exact) mass is 372 g/mol. The number of rotatable bonds is 5. The Morgan fingerprint density at radius 2 is 2.08 bits per heavy atom. The van der Waals surface area contributed by atoms with Crippen molar-refractivity contribution in [2.45, 2.75) is 42.4 Å². The van der Waals surface area contributed by atoms with E-state index >= 15 is 0 Å². The molecule has 0 spiro atoms. The summed E-state index contributed by atoms with van der Waals surface area (Å²) >= 11 is 1.03. The van der Waals surface area contributed by atoms with E-state index in [1.807, 2.05) is 0 Å². The third-order valence-electron chi connectivity index (χ3n) is 3.73. The first-order chi connectivity index (χ1) is 11.8. The Balaban J connectivity index is 1.73. The van der Waals surface area contributed by atoms with Crippen LogP contribution in [0, 0.1) is 0 Å². The smallest absolute Gasteiger partial charge is 0.325 e. The lowest BCUT2D eigenvalue weighted by molar-refractivity contribution is -0.137. The fourth-order valence-electron chi connectivity index (χ4n) is 2.31. The number of H-pyrrole nitrogens is 1. The molecule has 1 aromatic heterocycles. The molecule has 0 aliphatic heterocycles. The minimum atomic E-state index is -4.56. The summed E-state index contributed by atoms with van der Waals surface area (Å²) in [6.45, 7) is 1.55. The summed E-state index contributed by atoms with van der Waals surface area (Å²) in [5.41, 5.74) is -1.55. The van der Waals surface area contributed by atoms with Crippen LogP contribution in [0.2, 0.25) is 0 Å². The number of thioether (sulfide) groups is 1. The molecule has 1 amide bonds. The molecule has 10 heteroatoms. The number of alkyl halides is 3. The maximum Gasteiger partial charge on any atom is 0.418 e. The summed E-state index contributed by atoms with van der Waals surface area (Å²) in [5.74, 6) is -0.598. The number of hydrogen-bond acceptors (Lipinski definition) is 4. The molecule has 1 aliphatic carbocycles. The summed E-state index contributed by atoms with van der Waals surface area (Å²) in [4.78, 5) is 24.0. The Hall–Kier alpha value is -2.23. The SMILES string of the molecule is C[C@H](Sc1n[nH]c(=O)n1C1CC1)C(=O)Nc1ccccc1C(F)(F)F. The fourth-order valence-corrected chi connectivity index (χ4v) is 3.24. The predicted molar refractivity (Wildman–Crippen MR) is 86.5 cm³/mol. The molecule has 6 nitrogen and oxygen atoms in total. The number of benzene rings is 1. The predicted octanol–water partition coefficient (Wildman–Crippen LogP) is 3.04. The normalized spacial score (nSPS) is 15.8. The Kier molecular flexibility index (Phi) is 4.63. The first-order valence-electron chi connectivity index (χ1n) is 7.58. The van der Waals surface area contributed by atoms with Gasteiger partial charge in [0.1, 0.15) is 0 Å². The molecule has 0 unspecified atom stereocenters. The maximum atomic E-state index is 13.0. The summed E-state index contributed by atoms with van der Waals surface area (Å²) in [6.07, 6.45) is -2.83. The van der Waals surface area contributed by atoms with Gasteiger partial charge in [0.15, 0.2) is 5.16 Å². The van der Waals surface area contributed by atoms with E-state index in [4.69, 9.17) is 0 Å². The minimum absolute atomic E-state index is 0.0787. The van der Waals surface area contributed by atoms with E-state index < -0.39 is 22.9 Å². The average Bonchev–Trinajstić information content (AvgIpc) is 3.31. The van der Waals surface area contributed by atoms with Crippen LogP contribution in [0.25, 0.3) is 0 Å². The Labute approximate surface area is 144 Å². The van der Waals surface area contributed by atoms with Gasteiger partial charge in [-0.3, -0.25) is 9.36 Å². The summed E-state index contributed by atoms with van der Waals surface area (Å²) in [5, 5.41) is 8.17. The van der Waals surface area contributed by atoms with Crippen molar-refractivity contribution in [3.05, 3.63) is 40.3 Å². The second kappa shape index (κ2) is 6.58. The van der Waals surface area contributed by atoms with Crippen LogP contribution in [0.15, 0.2) is 34.2 Å². The zero-order chi connectivity index (χ0) is 18.2. The van der Waals surface area contributed by atoms with Gasteiger partial charge in [-0.25, -0.2) is 9.89 Å². The molecule has 1 saturated carbocycles. The van der Waals surface area contributed by atoms with Crippen molar-refractivity contribution in [2.24, 2.45) is 0 Å². The molecule has 2 N–H and O–H groups in total. The summed E-state index contributed by atoms with van der Waals surface area (Å²) < 4.78 is 40.5. The van der Waals surface area contributed by atoms with Crippen LogP contribution < -0.4 is 11.0 Å². The van der Waals surface area contributed by atoms with E-state index in [0.29, 0.717) is 5.16 Å². The fraction of sp³-hybridized carbons (Fsp3) is 0.400. The van der Waals surface area contributed by atoms with Gasteiger partial charge in [-0.1, -0.05) is 23.9 Å². The molecule has 134 valence electrons. The van der Waals surface area contributed by atoms with Gasteiger partial charge < -0.3 is 5.32 Å². The van der Waals surface area contributed by atoms with E-state index in [-0.39, 0.29) is 17.4 Å². The molecule has 3 rings (SSSR count). The van der Waals surface area contributed by atoms with Crippen LogP contribution in [0.5, 0.6) is 0 Å². The van der Waals surface area contributed by atoms with E-state index in [9.17, 15) is 22.8 Å². The van der Waals surface area contributed by atoms with E-state index in [1.165, 1.54) is 22.8 Å². The van der Waals surface area contributed by atoms with Gasteiger partial charge in [-0.2, -0.15) is 13.2 Å². The van der Waals surface area contributed by atoms with Gasteiger partial charge in [0.25, 0.3) is 0 Å². The van der Waals surface area contributed by atoms with Crippen LogP contribution in [-0.2, 0) is 11.0 Å². The number of amides is 1. The lowest BCUT2D eigenvalue weighted by atomic mass is 10.1. The van der Waals surface area contributed by atoms with Crippen molar-refractivity contribution in [1.29, 1.82) is 0 Å². The Morgan fingerprint density at radius 3 is 2.72 bits per heavy atom. The molecule has 2 aromatic rings. The minimum Gasteiger partial charge on any atom is -0.325 e. The highest BCUT2D eigenvalue weighted by Crippen LogP contribution is 2.37. The van der Waals surface area contributed by atoms with Gasteiger partial charge in [0.2, 0.25) is 5.91 Å². The molecule has 1 heterocycles. The third-order valence-corrected chi connectivity index (χ3v) is 4.79. The molecule has 1 fully saturated rings. The number of nitrogens with one attached hydrogen (secondary N) is 2. The molecule has 1 atom stereocenters. The Bertz CT molecular complexity index is 842. The third kappa shape index (κ3) is 3.89. The number of hydrogen-bond donors (Lipinski definition) is 2. The summed E-state index contributed by atoms with van der Waals surface area (Å²) in [6, 6.07) is 4.86. The highest BCUT2D eigenvalue weighted by Gasteiger charge is 2.34. The second-order valence-corrected chi connectivity index (χ2v) is 7.01. The van der Waals surface area contributed by atoms with Crippen LogP contribution in [-0.4, -0.2) is 25.9 Å². The van der Waals surface area contributed by atoms with E-state index in [0.717, 1.165) is 30.7 Å². The highest BCUT2D eigenvalue weighted by molar-refractivity contribution is 8.00. The van der Waals surface area contributed by atoms with Gasteiger partial charge in [0, 0.05) is 6.04 Å². The van der Waals surface area contributed by atoms with Crippen molar-refractivity contribution in [3.63, 3.8) is 0 Å². The van der Waals surface area contributed by atoms with Crippen molar-refractivity contribution in [1.82, 2.24) is 14.8 Å². The lowest BCUT2D eigenvalue weighted by Crippen LogP contribution is -2.25. The van der Waals surface area contributed by atoms with Crippen LogP contribution in [0.3, 0.4) is 0 Å². The van der Waals surface area contributed by atoms with Crippen LogP contribution in [0.4, 0.5) is 18.9 Å². The summed E-state index contributed by atoms with van der Waals surface area (Å²) in [7, 11) is 0. The molecular weight excluding hydrogens is 357 g/mol. The number of carbonyl (C=O) groups excluding carboxylic acids is 1. The first-order valence-corrected chi connectivity index (χ1v) is 8.46. The van der Waals surface area contributed by atoms with Gasteiger partial charge in [0.05, 0.1) is 16.5 Å². The van der Waals surface area contributed by atoms with Gasteiger partial charge in [-0.05, 0) is 31.9 Å². The van der Waals surface area contributed by atoms with Crippen LogP contribution in [0.1, 0.15) is 31.4 Å². The number of aromatic amines is 1. The number of carbonyl (C=O) groups is 1. The van der Waals surface area contributed by atoms with Crippen LogP contribution >= 0.6 is 11.8 Å². The van der Waals surface area contributed by atoms with Crippen molar-refractivity contribution in [2.75, 3.05) is 5.32 Å². The zero-order valence-electron chi connectivity index (χ0n) is 13.1. The quantitative estimate of drug-likeness (QED) is 0.791. The lowest BCUT2D eigenvalue weighted by Gasteiger charge is -2.16. The van der Waals surface area contributed by atoms with Gasteiger partial charge >= 0.3 is 11.9 Å². The highest BCUT2D eigenvalue weighted by atomic mass is 32.2. The Morgan fingerprint density at radius 1 is 1.40 bits per heavy atom. The zero-order valence-corrected chi connectivity index (χ0v) is 13.9. The standard InChI is InChI=1S/C15H15F3N4O2S/c1-8(25-14-21-20-13(24)22(14)9-6-7-9)12(23)19-11-5-3-2-4-10(11)15(16,17)18/h2-5,8-9H,6-7H2,1H3,(H,19,23)(H,20,24)/t8-/m0/s1. The number of anilines is 1. The number of aromatic nitrogens is 3. The van der Waals surface area contributed by atoms with E-state index in [1.54, 1.807) is 6.92 Å². The number of nitrogens with zero attached hydrogens (tertiary/aromatic N) is 2. The molecule has 1 aliphatic rings. The van der Waals surface area contributed by atoms with Crippen molar-refractivity contribution >= 4 is 23.4 Å². The van der Waals surface area contributed by atoms with E-state index in [2.05, 4.69) is 15.5 Å².